The predicted octanol–water partition coefficient (Wildman–Crippen LogP) is 6.71. The minimum atomic E-state index is -4.46. The van der Waals surface area contributed by atoms with E-state index in [0.717, 1.165) is 32.9 Å². The molecule has 142 valence electrons. The number of rotatable bonds is 3. The van der Waals surface area contributed by atoms with Crippen molar-refractivity contribution in [1.29, 1.82) is 0 Å². The third-order valence-electron chi connectivity index (χ3n) is 3.74. The summed E-state index contributed by atoms with van der Waals surface area (Å²) in [5.74, 6) is 0. The molecule has 0 atom stereocenters. The quantitative estimate of drug-likeness (QED) is 0.588. The van der Waals surface area contributed by atoms with Gasteiger partial charge >= 0.3 is 6.18 Å². The van der Waals surface area contributed by atoms with Gasteiger partial charge in [-0.05, 0) is 44.2 Å². The Bertz CT molecular complexity index is 909. The maximum Gasteiger partial charge on any atom is 0.417 e. The summed E-state index contributed by atoms with van der Waals surface area (Å²) in [7, 11) is 0. The summed E-state index contributed by atoms with van der Waals surface area (Å²) in [6, 6.07) is 8.28. The molecule has 0 unspecified atom stereocenters. The van der Waals surface area contributed by atoms with Crippen molar-refractivity contribution in [1.82, 2.24) is 4.98 Å². The van der Waals surface area contributed by atoms with Crippen molar-refractivity contribution in [2.24, 2.45) is 4.99 Å². The second kappa shape index (κ2) is 7.41. The fraction of sp³-hybridized carbons (Fsp3) is 0.222. The van der Waals surface area contributed by atoms with Gasteiger partial charge in [0.05, 0.1) is 16.1 Å². The lowest BCUT2D eigenvalue weighted by Crippen LogP contribution is -2.13. The first kappa shape index (κ1) is 20.1. The molecule has 1 aromatic carbocycles. The number of aliphatic imine (C=N–C) groups is 1. The highest BCUT2D eigenvalue weighted by Gasteiger charge is 2.32. The summed E-state index contributed by atoms with van der Waals surface area (Å²) in [6.45, 7) is 8.00. The van der Waals surface area contributed by atoms with Crippen LogP contribution < -0.4 is 5.32 Å². The normalized spacial score (nSPS) is 16.4. The highest BCUT2D eigenvalue weighted by molar-refractivity contribution is 8.17. The molecule has 1 aromatic heterocycles. The molecule has 0 spiro atoms. The Hall–Kier alpha value is -1.64. The van der Waals surface area contributed by atoms with Gasteiger partial charge in [-0.15, -0.1) is 0 Å². The SMILES string of the molecule is C=C1SC(Nc2ccc(Sc3ncc(C(F)(F)F)cc3Cl)cc2)=NC1(C)C. The van der Waals surface area contributed by atoms with Crippen LogP contribution in [0.2, 0.25) is 5.02 Å². The first-order valence-corrected chi connectivity index (χ1v) is 9.80. The van der Waals surface area contributed by atoms with Crippen LogP contribution >= 0.6 is 35.1 Å². The topological polar surface area (TPSA) is 37.3 Å². The van der Waals surface area contributed by atoms with E-state index in [1.54, 1.807) is 0 Å². The molecule has 0 fully saturated rings. The summed E-state index contributed by atoms with van der Waals surface area (Å²) in [6.07, 6.45) is -3.68. The second-order valence-electron chi connectivity index (χ2n) is 6.26. The summed E-state index contributed by atoms with van der Waals surface area (Å²) >= 11 is 8.64. The lowest BCUT2D eigenvalue weighted by Gasteiger charge is -2.12. The number of benzene rings is 1. The van der Waals surface area contributed by atoms with E-state index in [0.29, 0.717) is 5.03 Å². The van der Waals surface area contributed by atoms with Crippen molar-refractivity contribution in [3.63, 3.8) is 0 Å². The molecule has 27 heavy (non-hydrogen) atoms. The number of anilines is 1. The Morgan fingerprint density at radius 3 is 2.41 bits per heavy atom. The molecular weight excluding hydrogens is 415 g/mol. The van der Waals surface area contributed by atoms with Gasteiger partial charge in [-0.3, -0.25) is 4.99 Å². The molecule has 3 nitrogen and oxygen atoms in total. The summed E-state index contributed by atoms with van der Waals surface area (Å²) in [5, 5.41) is 4.29. The third kappa shape index (κ3) is 4.80. The molecular formula is C18H15ClF3N3S2. The van der Waals surface area contributed by atoms with E-state index in [9.17, 15) is 13.2 Å². The third-order valence-corrected chi connectivity index (χ3v) is 6.30. The number of hydrogen-bond acceptors (Lipinski definition) is 5. The van der Waals surface area contributed by atoms with E-state index < -0.39 is 11.7 Å². The van der Waals surface area contributed by atoms with Gasteiger partial charge in [-0.1, -0.05) is 41.7 Å². The van der Waals surface area contributed by atoms with Gasteiger partial charge in [0.2, 0.25) is 0 Å². The van der Waals surface area contributed by atoms with E-state index in [1.165, 1.54) is 23.5 Å². The molecule has 0 amide bonds. The van der Waals surface area contributed by atoms with Crippen molar-refractivity contribution < 1.29 is 13.2 Å². The number of thioether (sulfide) groups is 1. The van der Waals surface area contributed by atoms with Gasteiger partial charge in [0, 0.05) is 21.7 Å². The molecule has 1 aliphatic rings. The average Bonchev–Trinajstić information content (AvgIpc) is 2.82. The monoisotopic (exact) mass is 429 g/mol. The molecule has 1 aliphatic heterocycles. The van der Waals surface area contributed by atoms with E-state index in [-0.39, 0.29) is 10.6 Å². The lowest BCUT2D eigenvalue weighted by molar-refractivity contribution is -0.137. The molecule has 0 saturated heterocycles. The van der Waals surface area contributed by atoms with E-state index in [4.69, 9.17) is 11.6 Å². The van der Waals surface area contributed by atoms with E-state index in [2.05, 4.69) is 21.9 Å². The Morgan fingerprint density at radius 1 is 1.22 bits per heavy atom. The first-order valence-electron chi connectivity index (χ1n) is 7.79. The zero-order chi connectivity index (χ0) is 19.8. The highest BCUT2D eigenvalue weighted by atomic mass is 35.5. The van der Waals surface area contributed by atoms with Crippen LogP contribution in [0.5, 0.6) is 0 Å². The van der Waals surface area contributed by atoms with Crippen LogP contribution in [-0.4, -0.2) is 15.7 Å². The fourth-order valence-corrected chi connectivity index (χ4v) is 4.14. The van der Waals surface area contributed by atoms with Gasteiger partial charge in [-0.2, -0.15) is 13.2 Å². The molecule has 0 aliphatic carbocycles. The van der Waals surface area contributed by atoms with Crippen LogP contribution in [0.15, 0.2) is 62.9 Å². The molecule has 0 radical (unpaired) electrons. The Morgan fingerprint density at radius 2 is 1.89 bits per heavy atom. The molecule has 3 rings (SSSR count). The minimum absolute atomic E-state index is 0.0329. The number of pyridine rings is 1. The second-order valence-corrected chi connectivity index (χ2v) is 8.81. The smallest absolute Gasteiger partial charge is 0.335 e. The van der Waals surface area contributed by atoms with Crippen molar-refractivity contribution in [2.75, 3.05) is 5.32 Å². The minimum Gasteiger partial charge on any atom is -0.335 e. The van der Waals surface area contributed by atoms with Crippen LogP contribution in [-0.2, 0) is 6.18 Å². The molecule has 2 aromatic rings. The summed E-state index contributed by atoms with van der Waals surface area (Å²) in [5.41, 5.74) is -0.313. The van der Waals surface area contributed by atoms with Crippen molar-refractivity contribution in [3.8, 4) is 0 Å². The zero-order valence-corrected chi connectivity index (χ0v) is 16.8. The number of alkyl halides is 3. The largest absolute Gasteiger partial charge is 0.417 e. The number of nitrogens with zero attached hydrogens (tertiary/aromatic N) is 2. The Balaban J connectivity index is 1.69. The molecule has 0 bridgehead atoms. The van der Waals surface area contributed by atoms with Gasteiger partial charge in [-0.25, -0.2) is 4.98 Å². The van der Waals surface area contributed by atoms with Crippen molar-refractivity contribution in [3.05, 3.63) is 58.6 Å². The highest BCUT2D eigenvalue weighted by Crippen LogP contribution is 2.39. The summed E-state index contributed by atoms with van der Waals surface area (Å²) < 4.78 is 38.0. The number of halogens is 4. The van der Waals surface area contributed by atoms with Crippen LogP contribution in [0.3, 0.4) is 0 Å². The molecule has 9 heteroatoms. The van der Waals surface area contributed by atoms with Crippen molar-refractivity contribution in [2.45, 2.75) is 35.5 Å². The lowest BCUT2D eigenvalue weighted by atomic mass is 10.1. The number of amidine groups is 1. The number of hydrogen-bond donors (Lipinski definition) is 1. The van der Waals surface area contributed by atoms with Gasteiger partial charge in [0.15, 0.2) is 5.17 Å². The zero-order valence-electron chi connectivity index (χ0n) is 14.4. The van der Waals surface area contributed by atoms with Gasteiger partial charge in [0.25, 0.3) is 0 Å². The van der Waals surface area contributed by atoms with Gasteiger partial charge < -0.3 is 5.32 Å². The number of aromatic nitrogens is 1. The van der Waals surface area contributed by atoms with Crippen LogP contribution in [0, 0.1) is 0 Å². The molecule has 2 heterocycles. The molecule has 0 saturated carbocycles. The van der Waals surface area contributed by atoms with Crippen LogP contribution in [0.4, 0.5) is 18.9 Å². The Kier molecular flexibility index (Phi) is 5.52. The van der Waals surface area contributed by atoms with Crippen molar-refractivity contribution >= 4 is 46.0 Å². The standard InChI is InChI=1S/C18H15ClF3N3S2/c1-10-17(2,3)25-16(26-10)24-12-4-6-13(7-5-12)27-15-14(19)8-11(9-23-15)18(20,21)22/h4-9H,1H2,2-3H3,(H,24,25). The van der Waals surface area contributed by atoms with Crippen LogP contribution in [0.25, 0.3) is 0 Å². The summed E-state index contributed by atoms with van der Waals surface area (Å²) in [4.78, 5) is 10.2. The Labute approximate surface area is 168 Å². The van der Waals surface area contributed by atoms with E-state index >= 15 is 0 Å². The maximum absolute atomic E-state index is 12.7. The first-order chi connectivity index (χ1) is 12.5. The van der Waals surface area contributed by atoms with Crippen LogP contribution in [0.1, 0.15) is 19.4 Å². The van der Waals surface area contributed by atoms with E-state index in [1.807, 2.05) is 38.1 Å². The van der Waals surface area contributed by atoms with Gasteiger partial charge in [0.1, 0.15) is 5.03 Å². The molecule has 1 N–H and O–H groups in total. The predicted molar refractivity (Wildman–Crippen MR) is 107 cm³/mol. The average molecular weight is 430 g/mol. The maximum atomic E-state index is 12.7. The number of nitrogens with one attached hydrogen (secondary N) is 1. The fourth-order valence-electron chi connectivity index (χ4n) is 2.13.